The maximum Gasteiger partial charge on any atom is 0.234 e. The zero-order valence-electron chi connectivity index (χ0n) is 12.4. The van der Waals surface area contributed by atoms with Gasteiger partial charge in [-0.3, -0.25) is 4.79 Å². The Bertz CT molecular complexity index is 478. The maximum atomic E-state index is 12.7. The second kappa shape index (κ2) is 5.33. The SMILES string of the molecule is CNCC1(C(=O)N(C)c2ccc(C)c(C)c2)CCC1. The highest BCUT2D eigenvalue weighted by atomic mass is 16.2. The topological polar surface area (TPSA) is 32.3 Å². The Morgan fingerprint density at radius 1 is 1.32 bits per heavy atom. The van der Waals surface area contributed by atoms with Crippen molar-refractivity contribution in [1.29, 1.82) is 0 Å². The Labute approximate surface area is 116 Å². The van der Waals surface area contributed by atoms with Crippen LogP contribution in [0.1, 0.15) is 30.4 Å². The van der Waals surface area contributed by atoms with E-state index in [0.29, 0.717) is 0 Å². The van der Waals surface area contributed by atoms with Crippen LogP contribution >= 0.6 is 0 Å². The molecule has 104 valence electrons. The molecule has 0 bridgehead atoms. The fraction of sp³-hybridized carbons (Fsp3) is 0.562. The van der Waals surface area contributed by atoms with Crippen LogP contribution in [0, 0.1) is 19.3 Å². The molecule has 1 amide bonds. The summed E-state index contributed by atoms with van der Waals surface area (Å²) in [6.45, 7) is 4.96. The highest BCUT2D eigenvalue weighted by molar-refractivity contribution is 5.98. The quantitative estimate of drug-likeness (QED) is 0.902. The Morgan fingerprint density at radius 3 is 2.47 bits per heavy atom. The summed E-state index contributed by atoms with van der Waals surface area (Å²) in [5.41, 5.74) is 3.31. The Hall–Kier alpha value is -1.35. The van der Waals surface area contributed by atoms with Gasteiger partial charge in [0.2, 0.25) is 5.91 Å². The molecule has 1 aliphatic rings. The molecule has 0 atom stereocenters. The summed E-state index contributed by atoms with van der Waals surface area (Å²) < 4.78 is 0. The molecule has 1 aliphatic carbocycles. The van der Waals surface area contributed by atoms with E-state index in [2.05, 4.69) is 31.3 Å². The van der Waals surface area contributed by atoms with Gasteiger partial charge < -0.3 is 10.2 Å². The van der Waals surface area contributed by atoms with Crippen LogP contribution < -0.4 is 10.2 Å². The number of hydrogen-bond acceptors (Lipinski definition) is 2. The molecule has 1 aromatic carbocycles. The monoisotopic (exact) mass is 260 g/mol. The molecule has 3 nitrogen and oxygen atoms in total. The molecular formula is C16H24N2O. The second-order valence-electron chi connectivity index (χ2n) is 5.80. The van der Waals surface area contributed by atoms with E-state index in [9.17, 15) is 4.79 Å². The normalized spacial score (nSPS) is 16.8. The molecule has 0 aliphatic heterocycles. The zero-order valence-corrected chi connectivity index (χ0v) is 12.4. The second-order valence-corrected chi connectivity index (χ2v) is 5.80. The number of benzene rings is 1. The summed E-state index contributed by atoms with van der Waals surface area (Å²) in [7, 11) is 3.81. The summed E-state index contributed by atoms with van der Waals surface area (Å²) in [5.74, 6) is 0.247. The summed E-state index contributed by atoms with van der Waals surface area (Å²) >= 11 is 0. The Morgan fingerprint density at radius 2 is 2.00 bits per heavy atom. The predicted molar refractivity (Wildman–Crippen MR) is 79.5 cm³/mol. The van der Waals surface area contributed by atoms with E-state index in [-0.39, 0.29) is 11.3 Å². The third-order valence-electron chi connectivity index (χ3n) is 4.46. The minimum absolute atomic E-state index is 0.178. The van der Waals surface area contributed by atoms with Gasteiger partial charge in [-0.1, -0.05) is 12.5 Å². The van der Waals surface area contributed by atoms with Crippen LogP contribution in [0.15, 0.2) is 18.2 Å². The lowest BCUT2D eigenvalue weighted by Gasteiger charge is -2.42. The van der Waals surface area contributed by atoms with Gasteiger partial charge in [-0.25, -0.2) is 0 Å². The molecule has 19 heavy (non-hydrogen) atoms. The van der Waals surface area contributed by atoms with Crippen LogP contribution in [0.3, 0.4) is 0 Å². The van der Waals surface area contributed by atoms with Crippen LogP contribution in [0.5, 0.6) is 0 Å². The van der Waals surface area contributed by atoms with Crippen molar-refractivity contribution < 1.29 is 4.79 Å². The number of anilines is 1. The first-order chi connectivity index (χ1) is 9.00. The number of nitrogens with zero attached hydrogens (tertiary/aromatic N) is 1. The lowest BCUT2D eigenvalue weighted by atomic mass is 9.67. The molecule has 1 saturated carbocycles. The third-order valence-corrected chi connectivity index (χ3v) is 4.46. The minimum Gasteiger partial charge on any atom is -0.319 e. The molecule has 0 aromatic heterocycles. The van der Waals surface area contributed by atoms with E-state index in [0.717, 1.165) is 31.5 Å². The number of aryl methyl sites for hydroxylation is 2. The first kappa shape index (κ1) is 14.1. The van der Waals surface area contributed by atoms with Crippen LogP contribution in [-0.2, 0) is 4.79 Å². The fourth-order valence-electron chi connectivity index (χ4n) is 2.82. The number of hydrogen-bond donors (Lipinski definition) is 1. The predicted octanol–water partition coefficient (Wildman–Crippen LogP) is 2.66. The molecular weight excluding hydrogens is 236 g/mol. The number of amides is 1. The lowest BCUT2D eigenvalue weighted by molar-refractivity contribution is -0.132. The summed E-state index contributed by atoms with van der Waals surface area (Å²) in [5, 5.41) is 3.17. The Kier molecular flexibility index (Phi) is 3.95. The highest BCUT2D eigenvalue weighted by Crippen LogP contribution is 2.42. The van der Waals surface area contributed by atoms with E-state index < -0.39 is 0 Å². The van der Waals surface area contributed by atoms with Crippen molar-refractivity contribution >= 4 is 11.6 Å². The molecule has 1 N–H and O–H groups in total. The van der Waals surface area contributed by atoms with Gasteiger partial charge in [-0.15, -0.1) is 0 Å². The molecule has 0 spiro atoms. The molecule has 0 radical (unpaired) electrons. The fourth-order valence-corrected chi connectivity index (χ4v) is 2.82. The van der Waals surface area contributed by atoms with Crippen LogP contribution in [0.2, 0.25) is 0 Å². The van der Waals surface area contributed by atoms with Crippen molar-refractivity contribution in [1.82, 2.24) is 5.32 Å². The van der Waals surface area contributed by atoms with Gasteiger partial charge in [0.1, 0.15) is 0 Å². The summed E-state index contributed by atoms with van der Waals surface area (Å²) in [4.78, 5) is 14.5. The average molecular weight is 260 g/mol. The van der Waals surface area contributed by atoms with Crippen molar-refractivity contribution in [3.8, 4) is 0 Å². The van der Waals surface area contributed by atoms with Crippen molar-refractivity contribution in [3.05, 3.63) is 29.3 Å². The van der Waals surface area contributed by atoms with Gasteiger partial charge in [-0.2, -0.15) is 0 Å². The van der Waals surface area contributed by atoms with Gasteiger partial charge in [0.25, 0.3) is 0 Å². The Balaban J connectivity index is 2.20. The van der Waals surface area contributed by atoms with Crippen LogP contribution in [0.25, 0.3) is 0 Å². The lowest BCUT2D eigenvalue weighted by Crippen LogP contribution is -2.51. The smallest absolute Gasteiger partial charge is 0.234 e. The largest absolute Gasteiger partial charge is 0.319 e. The summed E-state index contributed by atoms with van der Waals surface area (Å²) in [6, 6.07) is 6.21. The van der Waals surface area contributed by atoms with Crippen LogP contribution in [0.4, 0.5) is 5.69 Å². The number of nitrogens with one attached hydrogen (secondary N) is 1. The third kappa shape index (κ3) is 2.52. The van der Waals surface area contributed by atoms with Gasteiger partial charge >= 0.3 is 0 Å². The van der Waals surface area contributed by atoms with Crippen LogP contribution in [-0.4, -0.2) is 26.5 Å². The summed E-state index contributed by atoms with van der Waals surface area (Å²) in [6.07, 6.45) is 3.16. The molecule has 1 fully saturated rings. The van der Waals surface area contributed by atoms with Gasteiger partial charge in [0.15, 0.2) is 0 Å². The maximum absolute atomic E-state index is 12.7. The highest BCUT2D eigenvalue weighted by Gasteiger charge is 2.45. The van der Waals surface area contributed by atoms with Gasteiger partial charge in [-0.05, 0) is 57.0 Å². The molecule has 0 saturated heterocycles. The number of carbonyl (C=O) groups excluding carboxylic acids is 1. The zero-order chi connectivity index (χ0) is 14.0. The van der Waals surface area contributed by atoms with E-state index in [1.54, 1.807) is 0 Å². The number of rotatable bonds is 4. The van der Waals surface area contributed by atoms with Gasteiger partial charge in [0, 0.05) is 19.3 Å². The number of carbonyl (C=O) groups is 1. The van der Waals surface area contributed by atoms with Crippen molar-refractivity contribution in [2.24, 2.45) is 5.41 Å². The first-order valence-electron chi connectivity index (χ1n) is 7.00. The molecule has 0 heterocycles. The molecule has 2 rings (SSSR count). The van der Waals surface area contributed by atoms with Crippen molar-refractivity contribution in [2.75, 3.05) is 25.5 Å². The molecule has 3 heteroatoms. The van der Waals surface area contributed by atoms with Crippen molar-refractivity contribution in [3.63, 3.8) is 0 Å². The van der Waals surface area contributed by atoms with E-state index in [4.69, 9.17) is 0 Å². The van der Waals surface area contributed by atoms with Gasteiger partial charge in [0.05, 0.1) is 5.41 Å². The van der Waals surface area contributed by atoms with E-state index >= 15 is 0 Å². The average Bonchev–Trinajstić information content (AvgIpc) is 2.35. The molecule has 0 unspecified atom stereocenters. The minimum atomic E-state index is -0.178. The van der Waals surface area contributed by atoms with Crippen molar-refractivity contribution in [2.45, 2.75) is 33.1 Å². The van der Waals surface area contributed by atoms with E-state index in [1.165, 1.54) is 11.1 Å². The molecule has 1 aromatic rings. The standard InChI is InChI=1S/C16H24N2O/c1-12-6-7-14(10-13(12)2)18(4)15(19)16(11-17-3)8-5-9-16/h6-7,10,17H,5,8-9,11H2,1-4H3. The van der Waals surface area contributed by atoms with E-state index in [1.807, 2.05) is 25.1 Å². The first-order valence-corrected chi connectivity index (χ1v) is 7.00.